The molecule has 248 valence electrons. The molecule has 0 aliphatic rings. The van der Waals surface area contributed by atoms with Crippen molar-refractivity contribution in [2.24, 2.45) is 0 Å². The van der Waals surface area contributed by atoms with Crippen LogP contribution in [-0.4, -0.2) is 48.0 Å². The summed E-state index contributed by atoms with van der Waals surface area (Å²) >= 11 is 0. The minimum Gasteiger partial charge on any atom is -0.384 e. The molecular formula is C39H43ClN6O2. The summed E-state index contributed by atoms with van der Waals surface area (Å²) in [4.78, 5) is 34.2. The molecule has 6 rings (SSSR count). The smallest absolute Gasteiger partial charge is 0.220 e. The fraction of sp³-hybridized carbons (Fsp3) is 0.282. The molecule has 0 unspecified atom stereocenters. The molecule has 2 amide bonds. The second-order valence-corrected chi connectivity index (χ2v) is 11.9. The highest BCUT2D eigenvalue weighted by Gasteiger charge is 2.10. The van der Waals surface area contributed by atoms with E-state index < -0.39 is 0 Å². The molecule has 0 radical (unpaired) electrons. The number of unbranched alkanes of at least 4 members (excludes halogenated alkanes) is 2. The first-order valence-electron chi connectivity index (χ1n) is 16.7. The number of anilines is 2. The Kier molecular flexibility index (Phi) is 12.4. The van der Waals surface area contributed by atoms with Gasteiger partial charge in [0.2, 0.25) is 11.8 Å². The van der Waals surface area contributed by atoms with Crippen molar-refractivity contribution < 1.29 is 9.59 Å². The van der Waals surface area contributed by atoms with Crippen molar-refractivity contribution in [1.82, 2.24) is 20.6 Å². The standard InChI is InChI=1S/C39H42N6O2.ClH/c46-36(40-24-9-11-26-42-38-28-14-1-5-18-32(28)44-33-19-6-2-15-29(33)38)22-13-23-37(47)41-25-10-12-27-43-39-30-16-3-7-20-34(30)45-35-21-8-4-17-31(35)39;/h1-8,14-21H,9-13,22-27H2,(H,40,46)(H,41,47)(H,42,44)(H,43,45);1H. The number of amides is 2. The summed E-state index contributed by atoms with van der Waals surface area (Å²) in [7, 11) is 0. The molecule has 0 aliphatic heterocycles. The van der Waals surface area contributed by atoms with E-state index in [1.807, 2.05) is 72.8 Å². The average molecular weight is 663 g/mol. The molecule has 0 saturated heterocycles. The first kappa shape index (κ1) is 34.4. The lowest BCUT2D eigenvalue weighted by Gasteiger charge is -2.13. The van der Waals surface area contributed by atoms with Crippen LogP contribution in [-0.2, 0) is 9.59 Å². The van der Waals surface area contributed by atoms with Crippen LogP contribution < -0.4 is 21.3 Å². The molecule has 0 spiro atoms. The molecule has 8 nitrogen and oxygen atoms in total. The lowest BCUT2D eigenvalue weighted by molar-refractivity contribution is -0.122. The van der Waals surface area contributed by atoms with Crippen LogP contribution in [0.5, 0.6) is 0 Å². The molecule has 4 N–H and O–H groups in total. The van der Waals surface area contributed by atoms with Crippen LogP contribution in [0, 0.1) is 0 Å². The highest BCUT2D eigenvalue weighted by Crippen LogP contribution is 2.31. The van der Waals surface area contributed by atoms with Crippen molar-refractivity contribution in [3.63, 3.8) is 0 Å². The second-order valence-electron chi connectivity index (χ2n) is 11.9. The normalized spacial score (nSPS) is 11.0. The number of hydrogen-bond donors (Lipinski definition) is 4. The van der Waals surface area contributed by atoms with E-state index in [1.54, 1.807) is 0 Å². The predicted octanol–water partition coefficient (Wildman–Crippen LogP) is 8.00. The maximum atomic E-state index is 12.3. The first-order valence-corrected chi connectivity index (χ1v) is 16.7. The van der Waals surface area contributed by atoms with Gasteiger partial charge in [0.1, 0.15) is 0 Å². The number of nitrogens with one attached hydrogen (secondary N) is 4. The summed E-state index contributed by atoms with van der Waals surface area (Å²) in [5, 5.41) is 17.7. The molecular weight excluding hydrogens is 620 g/mol. The summed E-state index contributed by atoms with van der Waals surface area (Å²) in [6, 6.07) is 32.8. The van der Waals surface area contributed by atoms with Crippen molar-refractivity contribution in [3.05, 3.63) is 97.1 Å². The zero-order valence-electron chi connectivity index (χ0n) is 27.1. The Morgan fingerprint density at radius 2 is 0.750 bits per heavy atom. The van der Waals surface area contributed by atoms with E-state index >= 15 is 0 Å². The van der Waals surface area contributed by atoms with E-state index in [0.29, 0.717) is 32.4 Å². The summed E-state index contributed by atoms with van der Waals surface area (Å²) in [6.07, 6.45) is 4.88. The SMILES string of the molecule is Cl.O=C(CCCC(=O)NCCCCNc1c2ccccc2nc2ccccc12)NCCCCNc1c2ccccc2nc2ccccc12. The summed E-state index contributed by atoms with van der Waals surface area (Å²) < 4.78 is 0. The van der Waals surface area contributed by atoms with Gasteiger partial charge in [-0.25, -0.2) is 9.97 Å². The third-order valence-electron chi connectivity index (χ3n) is 8.44. The van der Waals surface area contributed by atoms with Crippen molar-refractivity contribution in [2.75, 3.05) is 36.8 Å². The van der Waals surface area contributed by atoms with Gasteiger partial charge in [0.05, 0.1) is 33.4 Å². The zero-order chi connectivity index (χ0) is 32.3. The van der Waals surface area contributed by atoms with Gasteiger partial charge in [-0.15, -0.1) is 12.4 Å². The molecule has 4 aromatic carbocycles. The fourth-order valence-corrected chi connectivity index (χ4v) is 6.03. The van der Waals surface area contributed by atoms with E-state index in [0.717, 1.165) is 93.8 Å². The van der Waals surface area contributed by atoms with Crippen molar-refractivity contribution in [2.45, 2.75) is 44.9 Å². The van der Waals surface area contributed by atoms with Crippen LogP contribution in [0.4, 0.5) is 11.4 Å². The number of rotatable bonds is 16. The molecule has 0 fully saturated rings. The fourth-order valence-electron chi connectivity index (χ4n) is 6.03. The third-order valence-corrected chi connectivity index (χ3v) is 8.44. The number of nitrogens with zero attached hydrogens (tertiary/aromatic N) is 2. The molecule has 2 aromatic heterocycles. The molecule has 0 bridgehead atoms. The van der Waals surface area contributed by atoms with Gasteiger partial charge < -0.3 is 21.3 Å². The largest absolute Gasteiger partial charge is 0.384 e. The lowest BCUT2D eigenvalue weighted by Crippen LogP contribution is -2.27. The van der Waals surface area contributed by atoms with E-state index in [1.165, 1.54) is 0 Å². The van der Waals surface area contributed by atoms with E-state index in [-0.39, 0.29) is 24.2 Å². The van der Waals surface area contributed by atoms with Crippen molar-refractivity contribution >= 4 is 79.2 Å². The van der Waals surface area contributed by atoms with Crippen molar-refractivity contribution in [3.8, 4) is 0 Å². The Morgan fingerprint density at radius 1 is 0.438 bits per heavy atom. The van der Waals surface area contributed by atoms with Gasteiger partial charge in [-0.2, -0.15) is 0 Å². The number of carbonyl (C=O) groups excluding carboxylic acids is 2. The highest BCUT2D eigenvalue weighted by atomic mass is 35.5. The molecule has 48 heavy (non-hydrogen) atoms. The van der Waals surface area contributed by atoms with Gasteiger partial charge >= 0.3 is 0 Å². The lowest BCUT2D eigenvalue weighted by atomic mass is 10.1. The second kappa shape index (κ2) is 17.3. The minimum atomic E-state index is -0.000819. The Bertz CT molecular complexity index is 1750. The minimum absolute atomic E-state index is 0. The third kappa shape index (κ3) is 8.69. The number of aromatic nitrogens is 2. The van der Waals surface area contributed by atoms with Crippen molar-refractivity contribution in [1.29, 1.82) is 0 Å². The Morgan fingerprint density at radius 3 is 1.10 bits per heavy atom. The molecule has 0 atom stereocenters. The highest BCUT2D eigenvalue weighted by molar-refractivity contribution is 6.08. The van der Waals surface area contributed by atoms with Crippen LogP contribution in [0.1, 0.15) is 44.9 Å². The number of pyridine rings is 2. The Balaban J connectivity index is 0.00000451. The molecule has 0 aliphatic carbocycles. The zero-order valence-corrected chi connectivity index (χ0v) is 28.0. The topological polar surface area (TPSA) is 108 Å². The van der Waals surface area contributed by atoms with Gasteiger partial charge in [-0.05, 0) is 56.4 Å². The van der Waals surface area contributed by atoms with E-state index in [9.17, 15) is 9.59 Å². The van der Waals surface area contributed by atoms with Gasteiger partial charge in [-0.3, -0.25) is 9.59 Å². The van der Waals surface area contributed by atoms with Gasteiger partial charge in [0.15, 0.2) is 0 Å². The number of benzene rings is 4. The van der Waals surface area contributed by atoms with E-state index in [2.05, 4.69) is 45.5 Å². The molecule has 9 heteroatoms. The molecule has 0 saturated carbocycles. The summed E-state index contributed by atoms with van der Waals surface area (Å²) in [5.74, 6) is -0.00164. The number of fused-ring (bicyclic) bond motifs is 4. The Labute approximate surface area is 287 Å². The van der Waals surface area contributed by atoms with E-state index in [4.69, 9.17) is 9.97 Å². The molecule has 6 aromatic rings. The predicted molar refractivity (Wildman–Crippen MR) is 201 cm³/mol. The maximum absolute atomic E-state index is 12.3. The van der Waals surface area contributed by atoms with Crippen LogP contribution >= 0.6 is 12.4 Å². The number of para-hydroxylation sites is 4. The van der Waals surface area contributed by atoms with Crippen LogP contribution in [0.3, 0.4) is 0 Å². The van der Waals surface area contributed by atoms with Gasteiger partial charge in [-0.1, -0.05) is 72.8 Å². The first-order chi connectivity index (χ1) is 23.2. The Hall–Kier alpha value is -4.95. The average Bonchev–Trinajstić information content (AvgIpc) is 3.10. The number of hydrogen-bond acceptors (Lipinski definition) is 6. The monoisotopic (exact) mass is 662 g/mol. The quantitative estimate of drug-likeness (QED) is 0.0618. The molecule has 2 heterocycles. The number of halogens is 1. The van der Waals surface area contributed by atoms with Gasteiger partial charge in [0, 0.05) is 60.6 Å². The van der Waals surface area contributed by atoms with Crippen LogP contribution in [0.2, 0.25) is 0 Å². The summed E-state index contributed by atoms with van der Waals surface area (Å²) in [5.41, 5.74) is 6.13. The number of carbonyl (C=O) groups is 2. The summed E-state index contributed by atoms with van der Waals surface area (Å²) in [6.45, 7) is 2.87. The van der Waals surface area contributed by atoms with Gasteiger partial charge in [0.25, 0.3) is 0 Å². The maximum Gasteiger partial charge on any atom is 0.220 e. The van der Waals surface area contributed by atoms with Crippen LogP contribution in [0.15, 0.2) is 97.1 Å². The van der Waals surface area contributed by atoms with Crippen LogP contribution in [0.25, 0.3) is 43.6 Å².